The van der Waals surface area contributed by atoms with Gasteiger partial charge in [0.2, 0.25) is 11.8 Å². The summed E-state index contributed by atoms with van der Waals surface area (Å²) in [4.78, 5) is 41.1. The average molecular weight is 518 g/mol. The van der Waals surface area contributed by atoms with Gasteiger partial charge in [0.15, 0.2) is 5.82 Å². The molecule has 1 saturated heterocycles. The lowest BCUT2D eigenvalue weighted by Crippen LogP contribution is -2.50. The van der Waals surface area contributed by atoms with E-state index in [4.69, 9.17) is 16.3 Å². The molecular weight excluding hydrogens is 489 g/mol. The van der Waals surface area contributed by atoms with Gasteiger partial charge in [-0.3, -0.25) is 14.4 Å². The number of nitriles is 1. The van der Waals surface area contributed by atoms with Crippen molar-refractivity contribution in [1.82, 2.24) is 20.9 Å². The standard InChI is InChI=1S/C25H29ClFN5O4/c1-25(2)10-13(22(33)32-25)7-14(11-28)29-23(34)17(6-12-4-5-12)31-24(35)18-8-15-19(36-3)9-16(26)20(27)21(15)30-18/h8-9,12-14,17,30H,4-7,10H2,1-3H3,(H,29,34)(H,31,35)(H,32,33)/t13-,14?,17?/m1/s1. The number of hydrogen-bond acceptors (Lipinski definition) is 5. The molecule has 2 fully saturated rings. The van der Waals surface area contributed by atoms with Crippen molar-refractivity contribution in [2.24, 2.45) is 11.8 Å². The van der Waals surface area contributed by atoms with E-state index in [2.05, 4.69) is 27.0 Å². The monoisotopic (exact) mass is 517 g/mol. The third-order valence-electron chi connectivity index (χ3n) is 6.70. The lowest BCUT2D eigenvalue weighted by atomic mass is 9.92. The van der Waals surface area contributed by atoms with Crippen LogP contribution in [0.25, 0.3) is 10.9 Å². The van der Waals surface area contributed by atoms with E-state index in [1.807, 2.05) is 13.8 Å². The minimum absolute atomic E-state index is 0.0232. The van der Waals surface area contributed by atoms with Crippen LogP contribution in [0.5, 0.6) is 5.75 Å². The number of methoxy groups -OCH3 is 1. The van der Waals surface area contributed by atoms with Crippen molar-refractivity contribution in [3.63, 3.8) is 0 Å². The number of nitrogens with one attached hydrogen (secondary N) is 4. The van der Waals surface area contributed by atoms with E-state index < -0.39 is 29.7 Å². The van der Waals surface area contributed by atoms with Crippen LogP contribution < -0.4 is 20.7 Å². The first-order valence-corrected chi connectivity index (χ1v) is 12.3. The predicted octanol–water partition coefficient (Wildman–Crippen LogP) is 3.18. The number of fused-ring (bicyclic) bond motifs is 1. The summed E-state index contributed by atoms with van der Waals surface area (Å²) in [5.41, 5.74) is -0.296. The number of nitrogens with zero attached hydrogens (tertiary/aromatic N) is 1. The number of H-pyrrole nitrogens is 1. The molecule has 1 aromatic heterocycles. The second-order valence-corrected chi connectivity index (χ2v) is 10.7. The smallest absolute Gasteiger partial charge is 0.268 e. The van der Waals surface area contributed by atoms with Crippen LogP contribution in [-0.4, -0.2) is 47.4 Å². The summed E-state index contributed by atoms with van der Waals surface area (Å²) < 4.78 is 19.8. The van der Waals surface area contributed by atoms with E-state index in [1.54, 1.807) is 0 Å². The maximum Gasteiger partial charge on any atom is 0.268 e. The van der Waals surface area contributed by atoms with Gasteiger partial charge in [-0.2, -0.15) is 5.26 Å². The number of aromatic nitrogens is 1. The summed E-state index contributed by atoms with van der Waals surface area (Å²) in [6, 6.07) is 3.05. The van der Waals surface area contributed by atoms with Crippen LogP contribution in [0.1, 0.15) is 56.4 Å². The van der Waals surface area contributed by atoms with Crippen LogP contribution in [0, 0.1) is 29.0 Å². The van der Waals surface area contributed by atoms with Crippen LogP contribution in [-0.2, 0) is 9.59 Å². The number of carbonyl (C=O) groups is 3. The van der Waals surface area contributed by atoms with Crippen LogP contribution in [0.15, 0.2) is 12.1 Å². The first-order chi connectivity index (χ1) is 17.0. The maximum absolute atomic E-state index is 14.5. The molecule has 0 spiro atoms. The molecule has 9 nitrogen and oxygen atoms in total. The molecule has 2 heterocycles. The fraction of sp³-hybridized carbons (Fsp3) is 0.520. The van der Waals surface area contributed by atoms with Crippen molar-refractivity contribution in [2.45, 2.75) is 63.6 Å². The summed E-state index contributed by atoms with van der Waals surface area (Å²) >= 11 is 5.92. The third-order valence-corrected chi connectivity index (χ3v) is 6.98. The highest BCUT2D eigenvalue weighted by Gasteiger charge is 2.39. The van der Waals surface area contributed by atoms with E-state index in [-0.39, 0.29) is 40.0 Å². The summed E-state index contributed by atoms with van der Waals surface area (Å²) in [7, 11) is 1.41. The Labute approximate surface area is 213 Å². The zero-order valence-corrected chi connectivity index (χ0v) is 21.1. The minimum atomic E-state index is -0.892. The Hall–Kier alpha value is -3.32. The number of halogens is 2. The van der Waals surface area contributed by atoms with Crippen LogP contribution in [0.4, 0.5) is 4.39 Å². The topological polar surface area (TPSA) is 136 Å². The molecule has 11 heteroatoms. The van der Waals surface area contributed by atoms with Gasteiger partial charge >= 0.3 is 0 Å². The molecule has 4 rings (SSSR count). The lowest BCUT2D eigenvalue weighted by Gasteiger charge is -2.21. The summed E-state index contributed by atoms with van der Waals surface area (Å²) in [5.74, 6) is -1.74. The van der Waals surface area contributed by atoms with E-state index in [0.29, 0.717) is 29.9 Å². The number of rotatable bonds is 9. The normalized spacial score (nSPS) is 20.3. The van der Waals surface area contributed by atoms with E-state index >= 15 is 0 Å². The van der Waals surface area contributed by atoms with Crippen LogP contribution >= 0.6 is 11.6 Å². The molecule has 3 atom stereocenters. The predicted molar refractivity (Wildman–Crippen MR) is 131 cm³/mol. The highest BCUT2D eigenvalue weighted by atomic mass is 35.5. The Morgan fingerprint density at radius 2 is 2.03 bits per heavy atom. The molecule has 2 aliphatic rings. The first kappa shape index (κ1) is 25.8. The molecule has 3 amide bonds. The van der Waals surface area contributed by atoms with Crippen molar-refractivity contribution < 1.29 is 23.5 Å². The quantitative estimate of drug-likeness (QED) is 0.405. The molecule has 0 radical (unpaired) electrons. The fourth-order valence-electron chi connectivity index (χ4n) is 4.73. The molecule has 2 aromatic rings. The van der Waals surface area contributed by atoms with Crippen molar-refractivity contribution >= 4 is 40.2 Å². The lowest BCUT2D eigenvalue weighted by molar-refractivity contribution is -0.125. The van der Waals surface area contributed by atoms with Gasteiger partial charge in [0, 0.05) is 22.9 Å². The summed E-state index contributed by atoms with van der Waals surface area (Å²) in [6.07, 6.45) is 3.06. The number of amides is 3. The summed E-state index contributed by atoms with van der Waals surface area (Å²) in [6.45, 7) is 3.82. The average Bonchev–Trinajstić information content (AvgIpc) is 3.45. The van der Waals surface area contributed by atoms with E-state index in [0.717, 1.165) is 12.8 Å². The van der Waals surface area contributed by atoms with Gasteiger partial charge in [-0.15, -0.1) is 0 Å². The molecule has 192 valence electrons. The zero-order chi connectivity index (χ0) is 26.2. The number of benzene rings is 1. The molecule has 1 aliphatic carbocycles. The van der Waals surface area contributed by atoms with Crippen molar-refractivity contribution in [1.29, 1.82) is 5.26 Å². The molecular formula is C25H29ClFN5O4. The van der Waals surface area contributed by atoms with E-state index in [9.17, 15) is 24.0 Å². The number of hydrogen-bond donors (Lipinski definition) is 4. The fourth-order valence-corrected chi connectivity index (χ4v) is 4.92. The molecule has 36 heavy (non-hydrogen) atoms. The van der Waals surface area contributed by atoms with E-state index in [1.165, 1.54) is 19.2 Å². The molecule has 2 unspecified atom stereocenters. The van der Waals surface area contributed by atoms with Gasteiger partial charge in [0.05, 0.1) is 23.7 Å². The molecule has 1 aromatic carbocycles. The Kier molecular flexibility index (Phi) is 7.14. The second-order valence-electron chi connectivity index (χ2n) is 10.3. The third kappa shape index (κ3) is 5.57. The SMILES string of the molecule is COc1cc(Cl)c(F)c2[nH]c(C(=O)NC(CC3CC3)C(=O)NC(C#N)C[C@@H]3CC(C)(C)NC3=O)cc12. The molecule has 1 aliphatic heterocycles. The first-order valence-electron chi connectivity index (χ1n) is 11.9. The van der Waals surface area contributed by atoms with Gasteiger partial charge in [-0.1, -0.05) is 24.4 Å². The van der Waals surface area contributed by atoms with Gasteiger partial charge in [-0.05, 0) is 45.1 Å². The van der Waals surface area contributed by atoms with Crippen molar-refractivity contribution in [3.05, 3.63) is 28.7 Å². The second kappa shape index (κ2) is 9.97. The largest absolute Gasteiger partial charge is 0.496 e. The maximum atomic E-state index is 14.5. The van der Waals surface area contributed by atoms with Crippen LogP contribution in [0.3, 0.4) is 0 Å². The zero-order valence-electron chi connectivity index (χ0n) is 20.3. The van der Waals surface area contributed by atoms with Crippen molar-refractivity contribution in [3.8, 4) is 11.8 Å². The van der Waals surface area contributed by atoms with Gasteiger partial charge in [0.25, 0.3) is 5.91 Å². The molecule has 1 saturated carbocycles. The highest BCUT2D eigenvalue weighted by Crippen LogP contribution is 2.35. The van der Waals surface area contributed by atoms with Crippen LogP contribution in [0.2, 0.25) is 5.02 Å². The summed E-state index contributed by atoms with van der Waals surface area (Å²) in [5, 5.41) is 18.1. The number of carbonyl (C=O) groups excluding carboxylic acids is 3. The Morgan fingerprint density at radius 1 is 1.31 bits per heavy atom. The Bertz CT molecular complexity index is 1250. The molecule has 4 N–H and O–H groups in total. The highest BCUT2D eigenvalue weighted by molar-refractivity contribution is 6.31. The minimum Gasteiger partial charge on any atom is -0.496 e. The van der Waals surface area contributed by atoms with Crippen molar-refractivity contribution in [2.75, 3.05) is 7.11 Å². The number of ether oxygens (including phenoxy) is 1. The Morgan fingerprint density at radius 3 is 2.61 bits per heavy atom. The number of aromatic amines is 1. The van der Waals surface area contributed by atoms with Gasteiger partial charge < -0.3 is 25.7 Å². The molecule has 0 bridgehead atoms. The van der Waals surface area contributed by atoms with Gasteiger partial charge in [0.1, 0.15) is 23.5 Å². The van der Waals surface area contributed by atoms with Gasteiger partial charge in [-0.25, -0.2) is 4.39 Å². The Balaban J connectivity index is 1.48.